The van der Waals surface area contributed by atoms with E-state index < -0.39 is 24.0 Å². The smallest absolute Gasteiger partial charge is 0.407 e. The minimum absolute atomic E-state index is 0. The molecule has 1 atom stereocenters. The van der Waals surface area contributed by atoms with Gasteiger partial charge in [0.1, 0.15) is 13.2 Å². The highest BCUT2D eigenvalue weighted by Crippen LogP contribution is 2.44. The van der Waals surface area contributed by atoms with Crippen LogP contribution in [0.1, 0.15) is 17.0 Å². The molecule has 0 saturated carbocycles. The highest BCUT2D eigenvalue weighted by Gasteiger charge is 2.29. The maximum atomic E-state index is 12.1. The summed E-state index contributed by atoms with van der Waals surface area (Å²) >= 11 is 0.808. The number of carbonyl (C=O) groups excluding carboxylic acids is 4. The molecule has 0 unspecified atom stereocenters. The third-order valence-corrected chi connectivity index (χ3v) is 6.11. The molecule has 182 valence electrons. The number of hydrogen-bond donors (Lipinski definition) is 3. The van der Waals surface area contributed by atoms with Gasteiger partial charge in [-0.2, -0.15) is 0 Å². The van der Waals surface area contributed by atoms with Gasteiger partial charge < -0.3 is 25.8 Å². The molecule has 2 aromatic carbocycles. The predicted octanol–water partition coefficient (Wildman–Crippen LogP) is 1.82. The van der Waals surface area contributed by atoms with E-state index in [9.17, 15) is 19.2 Å². The molecule has 1 aliphatic rings. The molecule has 11 heteroatoms. The molecular weight excluding hydrogens is 482 g/mol. The van der Waals surface area contributed by atoms with Crippen molar-refractivity contribution in [3.63, 3.8) is 0 Å². The summed E-state index contributed by atoms with van der Waals surface area (Å²) in [4.78, 5) is 46.9. The molecule has 0 aliphatic heterocycles. The molecule has 0 heterocycles. The Morgan fingerprint density at radius 2 is 1.56 bits per heavy atom. The van der Waals surface area contributed by atoms with E-state index in [2.05, 4.69) is 15.4 Å². The molecule has 2 aromatic rings. The Bertz CT molecular complexity index is 1010. The fourth-order valence-electron chi connectivity index (χ4n) is 3.47. The van der Waals surface area contributed by atoms with E-state index >= 15 is 0 Å². The van der Waals surface area contributed by atoms with Gasteiger partial charge in [-0.25, -0.2) is 4.79 Å². The maximum absolute atomic E-state index is 12.1. The van der Waals surface area contributed by atoms with Crippen molar-refractivity contribution in [1.29, 1.82) is 0 Å². The van der Waals surface area contributed by atoms with Crippen LogP contribution < -0.4 is 16.4 Å². The average Bonchev–Trinajstić information content (AvgIpc) is 3.16. The number of hydrogen-bond acceptors (Lipinski definition) is 8. The molecule has 2 amide bonds. The number of halogens is 1. The summed E-state index contributed by atoms with van der Waals surface area (Å²) in [5, 5.41) is 4.36. The van der Waals surface area contributed by atoms with Crippen LogP contribution in [0.25, 0.3) is 11.1 Å². The summed E-state index contributed by atoms with van der Waals surface area (Å²) in [7, 11) is 1.20. The molecule has 0 aromatic heterocycles. The van der Waals surface area contributed by atoms with Crippen molar-refractivity contribution in [2.45, 2.75) is 12.0 Å². The first-order chi connectivity index (χ1) is 15.9. The molecule has 0 bridgehead atoms. The summed E-state index contributed by atoms with van der Waals surface area (Å²) in [6.07, 6.45) is -0.703. The van der Waals surface area contributed by atoms with Crippen molar-refractivity contribution < 1.29 is 28.7 Å². The fraction of sp³-hybridized carbons (Fsp3) is 0.304. The van der Waals surface area contributed by atoms with Crippen LogP contribution in [0.5, 0.6) is 0 Å². The highest BCUT2D eigenvalue weighted by atomic mass is 35.5. The van der Waals surface area contributed by atoms with E-state index in [0.29, 0.717) is 0 Å². The highest BCUT2D eigenvalue weighted by molar-refractivity contribution is 8.13. The molecular formula is C23H26ClN3O6S. The number of ether oxygens (including phenoxy) is 2. The zero-order chi connectivity index (χ0) is 23.8. The van der Waals surface area contributed by atoms with Crippen LogP contribution >= 0.6 is 24.2 Å². The number of nitrogens with two attached hydrogens (primary N) is 1. The number of benzene rings is 2. The molecule has 1 aliphatic carbocycles. The first kappa shape index (κ1) is 27.2. The largest absolute Gasteiger partial charge is 0.468 e. The number of nitrogens with one attached hydrogen (secondary N) is 2. The number of thioether (sulfide) groups is 1. The first-order valence-corrected chi connectivity index (χ1v) is 11.2. The van der Waals surface area contributed by atoms with Gasteiger partial charge in [0.15, 0.2) is 0 Å². The number of amides is 2. The predicted molar refractivity (Wildman–Crippen MR) is 131 cm³/mol. The molecule has 0 radical (unpaired) electrons. The average molecular weight is 508 g/mol. The second-order valence-electron chi connectivity index (χ2n) is 7.26. The van der Waals surface area contributed by atoms with Crippen molar-refractivity contribution >= 4 is 47.3 Å². The first-order valence-electron chi connectivity index (χ1n) is 10.2. The Hall–Kier alpha value is -3.08. The van der Waals surface area contributed by atoms with Gasteiger partial charge in [-0.1, -0.05) is 60.3 Å². The van der Waals surface area contributed by atoms with Gasteiger partial charge in [-0.05, 0) is 22.3 Å². The van der Waals surface area contributed by atoms with E-state index in [4.69, 9.17) is 10.5 Å². The Morgan fingerprint density at radius 3 is 2.15 bits per heavy atom. The Morgan fingerprint density at radius 1 is 0.971 bits per heavy atom. The molecule has 9 nitrogen and oxygen atoms in total. The molecule has 3 rings (SSSR count). The van der Waals surface area contributed by atoms with Crippen LogP contribution in [-0.4, -0.2) is 61.7 Å². The Labute approximate surface area is 207 Å². The van der Waals surface area contributed by atoms with Crippen LogP contribution in [0.2, 0.25) is 0 Å². The Balaban J connectivity index is 0.00000408. The summed E-state index contributed by atoms with van der Waals surface area (Å²) in [6.45, 7) is -0.421. The molecule has 0 saturated heterocycles. The van der Waals surface area contributed by atoms with Gasteiger partial charge >= 0.3 is 12.1 Å². The van der Waals surface area contributed by atoms with Gasteiger partial charge in [0, 0.05) is 11.7 Å². The van der Waals surface area contributed by atoms with Gasteiger partial charge in [-0.3, -0.25) is 14.4 Å². The van der Waals surface area contributed by atoms with Gasteiger partial charge in [0.05, 0.1) is 19.7 Å². The monoisotopic (exact) mass is 507 g/mol. The normalized spacial score (nSPS) is 12.4. The topological polar surface area (TPSA) is 137 Å². The lowest BCUT2D eigenvalue weighted by Gasteiger charge is -2.14. The van der Waals surface area contributed by atoms with E-state index in [1.165, 1.54) is 7.11 Å². The number of fused-ring (bicyclic) bond motifs is 3. The van der Waals surface area contributed by atoms with Crippen molar-refractivity contribution in [3.05, 3.63) is 59.7 Å². The minimum atomic E-state index is -0.988. The second-order valence-corrected chi connectivity index (χ2v) is 8.34. The quantitative estimate of drug-likeness (QED) is 0.437. The minimum Gasteiger partial charge on any atom is -0.468 e. The third kappa shape index (κ3) is 6.96. The van der Waals surface area contributed by atoms with E-state index in [0.717, 1.165) is 34.0 Å². The van der Waals surface area contributed by atoms with Crippen LogP contribution in [0.15, 0.2) is 48.5 Å². The summed E-state index contributed by atoms with van der Waals surface area (Å²) in [6, 6.07) is 15.0. The van der Waals surface area contributed by atoms with Gasteiger partial charge in [0.2, 0.25) is 11.0 Å². The maximum Gasteiger partial charge on any atom is 0.407 e. The standard InChI is InChI=1S/C23H25N3O6S.ClH/c1-31-20(27)10-25-22(29)19(24)13-33-21(28)11-26-23(30)32-12-18-16-8-4-2-6-14(16)15-7-3-5-9-17(15)18;/h2-9,18-19H,10-13,24H2,1H3,(H,25,29)(H,26,30);1H/t19-;/m0./s1. The van der Waals surface area contributed by atoms with Gasteiger partial charge in [0.25, 0.3) is 0 Å². The third-order valence-electron chi connectivity index (χ3n) is 5.12. The van der Waals surface area contributed by atoms with Crippen molar-refractivity contribution in [3.8, 4) is 11.1 Å². The van der Waals surface area contributed by atoms with Crippen molar-refractivity contribution in [1.82, 2.24) is 10.6 Å². The number of alkyl carbamates (subject to hydrolysis) is 1. The zero-order valence-electron chi connectivity index (χ0n) is 18.4. The van der Waals surface area contributed by atoms with Crippen molar-refractivity contribution in [2.24, 2.45) is 5.73 Å². The molecule has 34 heavy (non-hydrogen) atoms. The van der Waals surface area contributed by atoms with Crippen LogP contribution in [-0.2, 0) is 23.9 Å². The van der Waals surface area contributed by atoms with E-state index in [1.807, 2.05) is 48.5 Å². The van der Waals surface area contributed by atoms with Crippen LogP contribution in [0.4, 0.5) is 4.79 Å². The lowest BCUT2D eigenvalue weighted by Crippen LogP contribution is -2.44. The second kappa shape index (κ2) is 13.0. The zero-order valence-corrected chi connectivity index (χ0v) is 20.1. The Kier molecular flexibility index (Phi) is 10.4. The number of methoxy groups -OCH3 is 1. The van der Waals surface area contributed by atoms with Crippen LogP contribution in [0, 0.1) is 0 Å². The van der Waals surface area contributed by atoms with Crippen molar-refractivity contribution in [2.75, 3.05) is 32.6 Å². The number of rotatable bonds is 9. The van der Waals surface area contributed by atoms with E-state index in [1.54, 1.807) is 0 Å². The van der Waals surface area contributed by atoms with Crippen LogP contribution in [0.3, 0.4) is 0 Å². The lowest BCUT2D eigenvalue weighted by molar-refractivity contribution is -0.141. The summed E-state index contributed by atoms with van der Waals surface area (Å²) < 4.78 is 9.79. The SMILES string of the molecule is COC(=O)CNC(=O)[C@@H](N)CSC(=O)CNC(=O)OCC1c2ccccc2-c2ccccc21.Cl. The number of esters is 1. The van der Waals surface area contributed by atoms with E-state index in [-0.39, 0.29) is 48.9 Å². The van der Waals surface area contributed by atoms with Gasteiger partial charge in [-0.15, -0.1) is 12.4 Å². The summed E-state index contributed by atoms with van der Waals surface area (Å²) in [5.74, 6) is -1.26. The lowest BCUT2D eigenvalue weighted by atomic mass is 9.98. The molecule has 0 spiro atoms. The molecule has 0 fully saturated rings. The molecule has 4 N–H and O–H groups in total. The number of carbonyl (C=O) groups is 4. The summed E-state index contributed by atoms with van der Waals surface area (Å²) in [5.41, 5.74) is 10.1. The fourth-order valence-corrected chi connectivity index (χ4v) is 4.16.